The molecule has 4 aliphatic carbocycles. The van der Waals surface area contributed by atoms with E-state index < -0.39 is 11.9 Å². The van der Waals surface area contributed by atoms with Crippen LogP contribution in [0.1, 0.15) is 65.1 Å². The molecule has 0 aliphatic heterocycles. The van der Waals surface area contributed by atoms with Gasteiger partial charge in [-0.05, 0) is 98.9 Å². The Morgan fingerprint density at radius 1 is 0.979 bits per heavy atom. The fourth-order valence-corrected chi connectivity index (χ4v) is 10.0. The third-order valence-corrected chi connectivity index (χ3v) is 11.7. The smallest absolute Gasteiger partial charge is 0.340 e. The normalized spacial score (nSPS) is 22.8. The summed E-state index contributed by atoms with van der Waals surface area (Å²) in [5, 5.41) is 21.9. The number of amides is 1. The van der Waals surface area contributed by atoms with Crippen molar-refractivity contribution in [3.05, 3.63) is 84.2 Å². The SMILES string of the molecule is Cc1c(-c2ccn3c(Nc4cccnc4C(=O)Nc4nc5ccccc5s4)cnc3c2C(=O)O)cnn1CC12CC3CC(CC(C3)C1)C2. The Morgan fingerprint density at radius 2 is 1.75 bits per heavy atom. The van der Waals surface area contributed by atoms with Crippen LogP contribution in [0.4, 0.5) is 16.6 Å². The van der Waals surface area contributed by atoms with E-state index in [1.54, 1.807) is 35.1 Å². The van der Waals surface area contributed by atoms with Crippen molar-refractivity contribution < 1.29 is 14.7 Å². The van der Waals surface area contributed by atoms with Crippen LogP contribution < -0.4 is 10.6 Å². The summed E-state index contributed by atoms with van der Waals surface area (Å²) in [5.41, 5.74) is 4.48. The zero-order valence-corrected chi connectivity index (χ0v) is 27.2. The highest BCUT2D eigenvalue weighted by molar-refractivity contribution is 7.22. The number of rotatable bonds is 8. The topological polar surface area (TPSA) is 139 Å². The summed E-state index contributed by atoms with van der Waals surface area (Å²) in [6, 6.07) is 13.0. The van der Waals surface area contributed by atoms with Gasteiger partial charge in [-0.25, -0.2) is 19.7 Å². The average Bonchev–Trinajstić information content (AvgIpc) is 3.76. The number of hydrogen-bond acceptors (Lipinski definition) is 8. The second kappa shape index (κ2) is 11.0. The molecular formula is C36H34N8O3S. The monoisotopic (exact) mass is 658 g/mol. The minimum atomic E-state index is -1.07. The molecule has 6 aromatic rings. The van der Waals surface area contributed by atoms with Gasteiger partial charge in [-0.15, -0.1) is 0 Å². The number of carboxylic acids is 1. The van der Waals surface area contributed by atoms with Crippen LogP contribution in [0, 0.1) is 30.1 Å². The summed E-state index contributed by atoms with van der Waals surface area (Å²) in [6.45, 7) is 2.94. The molecule has 0 atom stereocenters. The first kappa shape index (κ1) is 29.1. The largest absolute Gasteiger partial charge is 0.478 e. The van der Waals surface area contributed by atoms with E-state index in [1.165, 1.54) is 49.9 Å². The zero-order chi connectivity index (χ0) is 32.6. The molecule has 0 saturated heterocycles. The molecule has 4 bridgehead atoms. The van der Waals surface area contributed by atoms with Gasteiger partial charge < -0.3 is 10.4 Å². The fraction of sp³-hybridized carbons (Fsp3) is 0.333. The molecule has 4 aliphatic rings. The number of anilines is 3. The Kier molecular flexibility index (Phi) is 6.65. The number of imidazole rings is 1. The number of thiazole rings is 1. The number of aromatic carboxylic acids is 1. The first-order chi connectivity index (χ1) is 23.3. The van der Waals surface area contributed by atoms with E-state index in [2.05, 4.69) is 30.3 Å². The number of aromatic nitrogens is 6. The summed E-state index contributed by atoms with van der Waals surface area (Å²) >= 11 is 1.39. The summed E-state index contributed by atoms with van der Waals surface area (Å²) in [7, 11) is 0. The van der Waals surface area contributed by atoms with Crippen LogP contribution in [0.25, 0.3) is 27.0 Å². The van der Waals surface area contributed by atoms with Crippen LogP contribution in [0.5, 0.6) is 0 Å². The number of hydrogen-bond donors (Lipinski definition) is 3. The van der Waals surface area contributed by atoms with E-state index in [9.17, 15) is 14.7 Å². The van der Waals surface area contributed by atoms with Crippen molar-refractivity contribution in [2.75, 3.05) is 10.6 Å². The Hall–Kier alpha value is -5.10. The molecule has 4 saturated carbocycles. The van der Waals surface area contributed by atoms with Gasteiger partial charge in [0.05, 0.1) is 28.3 Å². The van der Waals surface area contributed by atoms with E-state index in [4.69, 9.17) is 5.10 Å². The molecule has 242 valence electrons. The first-order valence-corrected chi connectivity index (χ1v) is 17.3. The van der Waals surface area contributed by atoms with Gasteiger partial charge >= 0.3 is 5.97 Å². The zero-order valence-electron chi connectivity index (χ0n) is 26.4. The van der Waals surface area contributed by atoms with Crippen LogP contribution in [-0.4, -0.2) is 46.1 Å². The number of carbonyl (C=O) groups excluding carboxylic acids is 1. The van der Waals surface area contributed by atoms with Gasteiger partial charge in [-0.2, -0.15) is 5.10 Å². The maximum atomic E-state index is 13.3. The number of fused-ring (bicyclic) bond motifs is 2. The third-order valence-electron chi connectivity index (χ3n) is 10.7. The summed E-state index contributed by atoms with van der Waals surface area (Å²) in [4.78, 5) is 39.5. The van der Waals surface area contributed by atoms with Crippen molar-refractivity contribution in [1.29, 1.82) is 0 Å². The molecular weight excluding hydrogens is 625 g/mol. The first-order valence-electron chi connectivity index (χ1n) is 16.5. The lowest BCUT2D eigenvalue weighted by Crippen LogP contribution is -2.48. The maximum Gasteiger partial charge on any atom is 0.340 e. The van der Waals surface area contributed by atoms with E-state index in [-0.39, 0.29) is 11.3 Å². The van der Waals surface area contributed by atoms with Crippen LogP contribution >= 0.6 is 11.3 Å². The van der Waals surface area contributed by atoms with Crippen LogP contribution in [0.3, 0.4) is 0 Å². The van der Waals surface area contributed by atoms with Crippen LogP contribution in [0.2, 0.25) is 0 Å². The maximum absolute atomic E-state index is 13.3. The van der Waals surface area contributed by atoms with Crippen molar-refractivity contribution in [3.8, 4) is 11.1 Å². The standard InChI is InChI=1S/C36H34N8O3S/c1-20-25(17-39-44(20)19-36-14-21-11-22(15-36)13-23(12-21)16-36)24-8-10-43-29(18-38-32(43)30(24)34(46)47)40-27-6-4-9-37-31(27)33(45)42-35-41-26-5-2-3-7-28(26)48-35/h2-10,17-18,21-23,40H,11-16,19H2,1H3,(H,46,47)(H,41,42,45). The number of carboxylic acid groups (broad SMARTS) is 1. The number of pyridine rings is 2. The number of carbonyl (C=O) groups is 2. The molecule has 1 aromatic carbocycles. The van der Waals surface area contributed by atoms with Gasteiger partial charge in [-0.1, -0.05) is 23.5 Å². The molecule has 4 fully saturated rings. The van der Waals surface area contributed by atoms with E-state index in [0.29, 0.717) is 33.3 Å². The minimum Gasteiger partial charge on any atom is -0.478 e. The highest BCUT2D eigenvalue weighted by Gasteiger charge is 2.51. The molecule has 0 spiro atoms. The summed E-state index contributed by atoms with van der Waals surface area (Å²) in [6.07, 6.45) is 14.8. The quantitative estimate of drug-likeness (QED) is 0.154. The minimum absolute atomic E-state index is 0.1000. The predicted octanol–water partition coefficient (Wildman–Crippen LogP) is 7.42. The third kappa shape index (κ3) is 4.85. The Labute approximate surface area is 280 Å². The lowest BCUT2D eigenvalue weighted by molar-refractivity contribution is -0.0638. The highest BCUT2D eigenvalue weighted by atomic mass is 32.1. The van der Waals surface area contributed by atoms with E-state index in [1.807, 2.05) is 43.5 Å². The molecule has 5 heterocycles. The van der Waals surface area contributed by atoms with Gasteiger partial charge in [0.1, 0.15) is 11.4 Å². The van der Waals surface area contributed by atoms with E-state index >= 15 is 0 Å². The van der Waals surface area contributed by atoms with Crippen molar-refractivity contribution in [3.63, 3.8) is 0 Å². The van der Waals surface area contributed by atoms with Gasteiger partial charge in [0.25, 0.3) is 5.91 Å². The number of benzene rings is 1. The highest BCUT2D eigenvalue weighted by Crippen LogP contribution is 2.60. The van der Waals surface area contributed by atoms with Crippen molar-refractivity contribution in [2.45, 2.75) is 52.0 Å². The Morgan fingerprint density at radius 3 is 2.50 bits per heavy atom. The molecule has 1 amide bonds. The van der Waals surface area contributed by atoms with Crippen LogP contribution in [0.15, 0.2) is 67.3 Å². The van der Waals surface area contributed by atoms with E-state index in [0.717, 1.165) is 45.8 Å². The molecule has 10 rings (SSSR count). The second-order valence-corrected chi connectivity index (χ2v) is 15.0. The van der Waals surface area contributed by atoms with Gasteiger partial charge in [-0.3, -0.25) is 19.2 Å². The molecule has 11 nitrogen and oxygen atoms in total. The molecule has 5 aromatic heterocycles. The molecule has 0 unspecified atom stereocenters. The van der Waals surface area contributed by atoms with Crippen molar-refractivity contribution in [2.24, 2.45) is 23.2 Å². The number of nitrogens with zero attached hydrogens (tertiary/aromatic N) is 6. The van der Waals surface area contributed by atoms with Crippen LogP contribution in [-0.2, 0) is 6.54 Å². The van der Waals surface area contributed by atoms with Gasteiger partial charge in [0, 0.05) is 35.8 Å². The van der Waals surface area contributed by atoms with Crippen molar-refractivity contribution >= 4 is 55.7 Å². The lowest BCUT2D eigenvalue weighted by Gasteiger charge is -2.56. The van der Waals surface area contributed by atoms with Gasteiger partial charge in [0.2, 0.25) is 0 Å². The molecule has 12 heteroatoms. The Bertz CT molecular complexity index is 2180. The van der Waals surface area contributed by atoms with Crippen molar-refractivity contribution in [1.82, 2.24) is 29.1 Å². The number of nitrogens with one attached hydrogen (secondary N) is 2. The molecule has 0 radical (unpaired) electrons. The predicted molar refractivity (Wildman–Crippen MR) is 184 cm³/mol. The molecule has 3 N–H and O–H groups in total. The summed E-state index contributed by atoms with van der Waals surface area (Å²) < 4.78 is 4.77. The fourth-order valence-electron chi connectivity index (χ4n) is 9.16. The molecule has 48 heavy (non-hydrogen) atoms. The van der Waals surface area contributed by atoms with Gasteiger partial charge in [0.15, 0.2) is 16.5 Å². The average molecular weight is 659 g/mol. The number of para-hydroxylation sites is 1. The Balaban J connectivity index is 1.01. The second-order valence-electron chi connectivity index (χ2n) is 13.9. The summed E-state index contributed by atoms with van der Waals surface area (Å²) in [5.74, 6) is 1.57. The lowest BCUT2D eigenvalue weighted by atomic mass is 9.49.